The second-order valence-electron chi connectivity index (χ2n) is 4.98. The lowest BCUT2D eigenvalue weighted by atomic mass is 10.1. The average molecular weight is 283 g/mol. The Balaban J connectivity index is 2.42. The summed E-state index contributed by atoms with van der Waals surface area (Å²) in [5.41, 5.74) is 1.78. The number of nitrogens with zero attached hydrogens (tertiary/aromatic N) is 1. The molecule has 0 heterocycles. The van der Waals surface area contributed by atoms with Crippen molar-refractivity contribution in [2.75, 3.05) is 32.1 Å². The molecule has 0 fully saturated rings. The molecule has 0 amide bonds. The van der Waals surface area contributed by atoms with Gasteiger partial charge in [0.2, 0.25) is 0 Å². The van der Waals surface area contributed by atoms with Crippen LogP contribution in [0.5, 0.6) is 0 Å². The van der Waals surface area contributed by atoms with Crippen molar-refractivity contribution in [3.05, 3.63) is 35.4 Å². The van der Waals surface area contributed by atoms with E-state index in [1.165, 1.54) is 6.26 Å². The Morgan fingerprint density at radius 3 is 2.53 bits per heavy atom. The molecule has 0 aliphatic carbocycles. The van der Waals surface area contributed by atoms with Gasteiger partial charge in [0, 0.05) is 31.3 Å². The first-order valence-corrected chi connectivity index (χ1v) is 8.30. The number of hydrogen-bond donors (Lipinski definition) is 0. The molecule has 1 aromatic rings. The van der Waals surface area contributed by atoms with E-state index in [2.05, 4.69) is 0 Å². The van der Waals surface area contributed by atoms with E-state index in [-0.39, 0.29) is 11.5 Å². The summed E-state index contributed by atoms with van der Waals surface area (Å²) >= 11 is 0. The number of sulfone groups is 1. The van der Waals surface area contributed by atoms with Gasteiger partial charge in [0.05, 0.1) is 5.75 Å². The number of carbonyl (C=O) groups excluding carboxylic acids is 1. The van der Waals surface area contributed by atoms with Gasteiger partial charge in [0.15, 0.2) is 5.78 Å². The minimum atomic E-state index is -2.94. The van der Waals surface area contributed by atoms with Gasteiger partial charge in [0.25, 0.3) is 0 Å². The zero-order chi connectivity index (χ0) is 14.5. The Labute approximate surface area is 115 Å². The average Bonchev–Trinajstić information content (AvgIpc) is 2.32. The lowest BCUT2D eigenvalue weighted by Gasteiger charge is -2.15. The van der Waals surface area contributed by atoms with Crippen LogP contribution in [0.4, 0.5) is 0 Å². The maximum Gasteiger partial charge on any atom is 0.164 e. The second-order valence-corrected chi connectivity index (χ2v) is 7.24. The third-order valence-electron chi connectivity index (χ3n) is 2.90. The first-order valence-electron chi connectivity index (χ1n) is 6.24. The van der Waals surface area contributed by atoms with Crippen molar-refractivity contribution < 1.29 is 13.2 Å². The monoisotopic (exact) mass is 283 g/mol. The number of rotatable bonds is 7. The Morgan fingerprint density at radius 1 is 1.26 bits per heavy atom. The maximum atomic E-state index is 12.0. The minimum absolute atomic E-state index is 0.0925. The summed E-state index contributed by atoms with van der Waals surface area (Å²) in [6, 6.07) is 7.51. The molecule has 0 spiro atoms. The molecular weight excluding hydrogens is 262 g/mol. The number of ketones is 1. The summed E-state index contributed by atoms with van der Waals surface area (Å²) < 4.78 is 22.1. The van der Waals surface area contributed by atoms with Gasteiger partial charge in [-0.05, 0) is 20.0 Å². The molecule has 0 aliphatic heterocycles. The first kappa shape index (κ1) is 15.9. The molecule has 106 valence electrons. The number of benzene rings is 1. The SMILES string of the molecule is Cc1cccc(C(=O)CCN(C)CCS(C)(=O)=O)c1. The summed E-state index contributed by atoms with van der Waals surface area (Å²) in [7, 11) is -1.11. The third kappa shape index (κ3) is 6.50. The van der Waals surface area contributed by atoms with E-state index in [0.717, 1.165) is 11.1 Å². The van der Waals surface area contributed by atoms with Crippen molar-refractivity contribution in [2.24, 2.45) is 0 Å². The molecule has 19 heavy (non-hydrogen) atoms. The number of carbonyl (C=O) groups is 1. The molecule has 0 N–H and O–H groups in total. The molecule has 0 saturated carbocycles. The van der Waals surface area contributed by atoms with Crippen LogP contribution in [0, 0.1) is 6.92 Å². The Bertz CT molecular complexity index is 537. The van der Waals surface area contributed by atoms with E-state index in [0.29, 0.717) is 19.5 Å². The van der Waals surface area contributed by atoms with Crippen molar-refractivity contribution in [2.45, 2.75) is 13.3 Å². The molecule has 0 bridgehead atoms. The fourth-order valence-electron chi connectivity index (χ4n) is 1.69. The molecule has 1 rings (SSSR count). The summed E-state index contributed by atoms with van der Waals surface area (Å²) in [4.78, 5) is 13.8. The molecule has 5 heteroatoms. The molecule has 0 unspecified atom stereocenters. The summed E-state index contributed by atoms with van der Waals surface area (Å²) in [5, 5.41) is 0. The van der Waals surface area contributed by atoms with Crippen LogP contribution in [0.3, 0.4) is 0 Å². The lowest BCUT2D eigenvalue weighted by Crippen LogP contribution is -2.27. The molecule has 0 radical (unpaired) electrons. The predicted octanol–water partition coefficient (Wildman–Crippen LogP) is 1.54. The third-order valence-corrected chi connectivity index (χ3v) is 3.83. The minimum Gasteiger partial charge on any atom is -0.305 e. The molecule has 1 aromatic carbocycles. The van der Waals surface area contributed by atoms with Gasteiger partial charge in [-0.15, -0.1) is 0 Å². The van der Waals surface area contributed by atoms with Crippen LogP contribution in [0.2, 0.25) is 0 Å². The van der Waals surface area contributed by atoms with Crippen molar-refractivity contribution in [1.29, 1.82) is 0 Å². The first-order chi connectivity index (χ1) is 8.78. The Hall–Kier alpha value is -1.20. The van der Waals surface area contributed by atoms with Crippen molar-refractivity contribution in [1.82, 2.24) is 4.90 Å². The summed E-state index contributed by atoms with van der Waals surface area (Å²) in [6.07, 6.45) is 1.63. The van der Waals surface area contributed by atoms with Crippen LogP contribution in [-0.2, 0) is 9.84 Å². The Kier molecular flexibility index (Phi) is 5.69. The summed E-state index contributed by atoms with van der Waals surface area (Å²) in [6.45, 7) is 2.98. The van der Waals surface area contributed by atoms with Gasteiger partial charge < -0.3 is 4.90 Å². The van der Waals surface area contributed by atoms with Crippen LogP contribution in [0.1, 0.15) is 22.3 Å². The maximum absolute atomic E-state index is 12.0. The molecule has 0 aliphatic rings. The second kappa shape index (κ2) is 6.82. The van der Waals surface area contributed by atoms with Gasteiger partial charge in [0.1, 0.15) is 9.84 Å². The van der Waals surface area contributed by atoms with E-state index >= 15 is 0 Å². The highest BCUT2D eigenvalue weighted by Crippen LogP contribution is 2.07. The van der Waals surface area contributed by atoms with E-state index in [4.69, 9.17) is 0 Å². The van der Waals surface area contributed by atoms with Crippen LogP contribution in [0.25, 0.3) is 0 Å². The van der Waals surface area contributed by atoms with Gasteiger partial charge in [-0.2, -0.15) is 0 Å². The van der Waals surface area contributed by atoms with E-state index in [1.807, 2.05) is 43.1 Å². The smallest absolute Gasteiger partial charge is 0.164 e. The quantitative estimate of drug-likeness (QED) is 0.712. The van der Waals surface area contributed by atoms with Gasteiger partial charge in [-0.25, -0.2) is 8.42 Å². The van der Waals surface area contributed by atoms with Crippen LogP contribution < -0.4 is 0 Å². The number of aryl methyl sites for hydroxylation is 1. The fourth-order valence-corrected chi connectivity index (χ4v) is 2.33. The van der Waals surface area contributed by atoms with Crippen molar-refractivity contribution >= 4 is 15.6 Å². The van der Waals surface area contributed by atoms with E-state index in [1.54, 1.807) is 0 Å². The summed E-state index contributed by atoms with van der Waals surface area (Å²) in [5.74, 6) is 0.220. The highest BCUT2D eigenvalue weighted by molar-refractivity contribution is 7.90. The van der Waals surface area contributed by atoms with Gasteiger partial charge >= 0.3 is 0 Å². The van der Waals surface area contributed by atoms with Crippen LogP contribution >= 0.6 is 0 Å². The lowest BCUT2D eigenvalue weighted by molar-refractivity contribution is 0.0970. The largest absolute Gasteiger partial charge is 0.305 e. The predicted molar refractivity (Wildman–Crippen MR) is 77.3 cm³/mol. The standard InChI is InChI=1S/C14H21NO3S/c1-12-5-4-6-13(11-12)14(16)7-8-15(2)9-10-19(3,17)18/h4-6,11H,7-10H2,1-3H3. The molecular formula is C14H21NO3S. The fraction of sp³-hybridized carbons (Fsp3) is 0.500. The highest BCUT2D eigenvalue weighted by Gasteiger charge is 2.09. The number of Topliss-reactive ketones (excluding diaryl/α,β-unsaturated/α-hetero) is 1. The topological polar surface area (TPSA) is 54.5 Å². The zero-order valence-electron chi connectivity index (χ0n) is 11.7. The van der Waals surface area contributed by atoms with Crippen molar-refractivity contribution in [3.8, 4) is 0 Å². The molecule has 0 aromatic heterocycles. The van der Waals surface area contributed by atoms with E-state index < -0.39 is 9.84 Å². The van der Waals surface area contributed by atoms with E-state index in [9.17, 15) is 13.2 Å². The molecule has 0 saturated heterocycles. The van der Waals surface area contributed by atoms with Crippen molar-refractivity contribution in [3.63, 3.8) is 0 Å². The number of hydrogen-bond acceptors (Lipinski definition) is 4. The zero-order valence-corrected chi connectivity index (χ0v) is 12.5. The molecule has 4 nitrogen and oxygen atoms in total. The highest BCUT2D eigenvalue weighted by atomic mass is 32.2. The van der Waals surface area contributed by atoms with Gasteiger partial charge in [-0.1, -0.05) is 23.8 Å². The Morgan fingerprint density at radius 2 is 1.95 bits per heavy atom. The molecule has 0 atom stereocenters. The normalized spacial score (nSPS) is 11.8. The van der Waals surface area contributed by atoms with Gasteiger partial charge in [-0.3, -0.25) is 4.79 Å². The van der Waals surface area contributed by atoms with Crippen LogP contribution in [-0.4, -0.2) is 51.2 Å². The van der Waals surface area contributed by atoms with Crippen LogP contribution in [0.15, 0.2) is 24.3 Å².